The molecule has 2 aromatic carbocycles. The molecule has 2 nitrogen and oxygen atoms in total. The van der Waals surface area contributed by atoms with Gasteiger partial charge in [0.25, 0.3) is 0 Å². The highest BCUT2D eigenvalue weighted by atomic mass is 32.2. The molecule has 0 spiro atoms. The van der Waals surface area contributed by atoms with Crippen molar-refractivity contribution < 1.29 is 4.74 Å². The van der Waals surface area contributed by atoms with Crippen molar-refractivity contribution in [3.8, 4) is 23.0 Å². The fourth-order valence-corrected chi connectivity index (χ4v) is 2.86. The van der Waals surface area contributed by atoms with Gasteiger partial charge in [0.2, 0.25) is 0 Å². The Morgan fingerprint density at radius 1 is 0.958 bits per heavy atom. The molecule has 0 unspecified atom stereocenters. The maximum absolute atomic E-state index is 8.63. The number of thiocyanates is 1. The van der Waals surface area contributed by atoms with Gasteiger partial charge in [-0.1, -0.05) is 17.9 Å². The summed E-state index contributed by atoms with van der Waals surface area (Å²) in [6.07, 6.45) is 5.88. The third-order valence-electron chi connectivity index (χ3n) is 3.78. The van der Waals surface area contributed by atoms with E-state index in [4.69, 9.17) is 10.00 Å². The van der Waals surface area contributed by atoms with Crippen LogP contribution >= 0.6 is 11.8 Å². The van der Waals surface area contributed by atoms with E-state index < -0.39 is 0 Å². The Morgan fingerprint density at radius 3 is 2.21 bits per heavy atom. The molecule has 0 radical (unpaired) electrons. The number of ether oxygens (including phenoxy) is 1. The Kier molecular flexibility index (Phi) is 5.61. The zero-order chi connectivity index (χ0) is 16.6. The molecule has 3 heteroatoms. The molecule has 0 N–H and O–H groups in total. The Balaban J connectivity index is 1.58. The van der Waals surface area contributed by atoms with E-state index in [2.05, 4.69) is 23.3 Å². The molecule has 1 aliphatic rings. The summed E-state index contributed by atoms with van der Waals surface area (Å²) in [7, 11) is 0. The lowest BCUT2D eigenvalue weighted by atomic mass is 10.2. The Hall–Kier alpha value is -2.62. The predicted molar refractivity (Wildman–Crippen MR) is 97.8 cm³/mol. The van der Waals surface area contributed by atoms with Gasteiger partial charge in [0.15, 0.2) is 0 Å². The lowest BCUT2D eigenvalue weighted by Gasteiger charge is -2.06. The number of thioether (sulfide) groups is 1. The van der Waals surface area contributed by atoms with Crippen LogP contribution in [-0.4, -0.2) is 6.61 Å². The Bertz CT molecular complexity index is 817. The number of nitriles is 1. The summed E-state index contributed by atoms with van der Waals surface area (Å²) in [5.41, 5.74) is 3.29. The lowest BCUT2D eigenvalue weighted by Crippen LogP contribution is -1.99. The van der Waals surface area contributed by atoms with Crippen molar-refractivity contribution in [3.63, 3.8) is 0 Å². The van der Waals surface area contributed by atoms with Crippen LogP contribution in [0.3, 0.4) is 0 Å². The van der Waals surface area contributed by atoms with Crippen molar-refractivity contribution in [2.24, 2.45) is 0 Å². The zero-order valence-electron chi connectivity index (χ0n) is 13.3. The average Bonchev–Trinajstić information content (AvgIpc) is 3.14. The van der Waals surface area contributed by atoms with E-state index in [1.807, 2.05) is 48.5 Å². The number of allylic oxidation sites excluding steroid dienone is 1. The first-order valence-corrected chi connectivity index (χ1v) is 8.74. The smallest absolute Gasteiger partial charge is 0.138 e. The molecule has 3 rings (SSSR count). The zero-order valence-corrected chi connectivity index (χ0v) is 14.1. The van der Waals surface area contributed by atoms with Gasteiger partial charge in [-0.25, -0.2) is 0 Å². The van der Waals surface area contributed by atoms with E-state index in [1.165, 1.54) is 18.4 Å². The van der Waals surface area contributed by atoms with Crippen LogP contribution in [0.15, 0.2) is 65.1 Å². The minimum Gasteiger partial charge on any atom is -0.489 e. The number of rotatable bonds is 4. The standard InChI is InChI=1S/C21H17NOS/c22-16-24-21-13-9-18(10-14-21)6-5-17-7-11-20(12-8-17)23-15-19-3-1-2-4-19/h3,7-14H,1-2,4,15H2. The van der Waals surface area contributed by atoms with E-state index in [-0.39, 0.29) is 0 Å². The van der Waals surface area contributed by atoms with Gasteiger partial charge in [0.1, 0.15) is 17.8 Å². The molecule has 0 heterocycles. The van der Waals surface area contributed by atoms with Gasteiger partial charge < -0.3 is 4.74 Å². The van der Waals surface area contributed by atoms with E-state index in [9.17, 15) is 0 Å². The largest absolute Gasteiger partial charge is 0.489 e. The minimum absolute atomic E-state index is 0.693. The predicted octanol–water partition coefficient (Wildman–Crippen LogP) is 5.15. The molecule has 0 aromatic heterocycles. The molecule has 0 saturated carbocycles. The van der Waals surface area contributed by atoms with Crippen molar-refractivity contribution >= 4 is 11.8 Å². The molecule has 0 atom stereocenters. The topological polar surface area (TPSA) is 33.0 Å². The van der Waals surface area contributed by atoms with Crippen LogP contribution in [0.5, 0.6) is 5.75 Å². The molecule has 1 aliphatic carbocycles. The van der Waals surface area contributed by atoms with Crippen LogP contribution in [0.1, 0.15) is 30.4 Å². The third-order valence-corrected chi connectivity index (χ3v) is 4.38. The maximum Gasteiger partial charge on any atom is 0.138 e. The summed E-state index contributed by atoms with van der Waals surface area (Å²) in [5, 5.41) is 10.7. The van der Waals surface area contributed by atoms with Gasteiger partial charge in [-0.3, -0.25) is 0 Å². The van der Waals surface area contributed by atoms with Crippen LogP contribution in [0.4, 0.5) is 0 Å². The van der Waals surface area contributed by atoms with Gasteiger partial charge in [-0.15, -0.1) is 0 Å². The highest BCUT2D eigenvalue weighted by molar-refractivity contribution is 8.03. The first-order valence-electron chi connectivity index (χ1n) is 7.92. The van der Waals surface area contributed by atoms with Crippen molar-refractivity contribution in [2.75, 3.05) is 6.61 Å². The summed E-state index contributed by atoms with van der Waals surface area (Å²) in [4.78, 5) is 0.932. The highest BCUT2D eigenvalue weighted by Gasteiger charge is 2.04. The van der Waals surface area contributed by atoms with Gasteiger partial charge in [0.05, 0.1) is 0 Å². The monoisotopic (exact) mass is 331 g/mol. The second-order valence-electron chi connectivity index (χ2n) is 5.54. The summed E-state index contributed by atoms with van der Waals surface area (Å²) in [5.74, 6) is 7.16. The molecule has 0 bridgehead atoms. The number of nitrogens with zero attached hydrogens (tertiary/aromatic N) is 1. The molecule has 0 amide bonds. The fraction of sp³-hybridized carbons (Fsp3) is 0.190. The molecule has 0 saturated heterocycles. The number of hydrogen-bond acceptors (Lipinski definition) is 3. The van der Waals surface area contributed by atoms with Crippen molar-refractivity contribution in [1.82, 2.24) is 0 Å². The van der Waals surface area contributed by atoms with Crippen LogP contribution in [0.2, 0.25) is 0 Å². The van der Waals surface area contributed by atoms with E-state index in [1.54, 1.807) is 0 Å². The van der Waals surface area contributed by atoms with Crippen molar-refractivity contribution in [3.05, 3.63) is 71.3 Å². The second kappa shape index (κ2) is 8.29. The summed E-state index contributed by atoms with van der Waals surface area (Å²) in [6, 6.07) is 15.6. The van der Waals surface area contributed by atoms with Gasteiger partial charge in [0, 0.05) is 16.0 Å². The normalized spacial score (nSPS) is 12.7. The maximum atomic E-state index is 8.63. The first kappa shape index (κ1) is 16.2. The van der Waals surface area contributed by atoms with Crippen LogP contribution in [0, 0.1) is 22.5 Å². The molecule has 24 heavy (non-hydrogen) atoms. The lowest BCUT2D eigenvalue weighted by molar-refractivity contribution is 0.349. The molecule has 0 aliphatic heterocycles. The summed E-state index contributed by atoms with van der Waals surface area (Å²) < 4.78 is 5.80. The quantitative estimate of drug-likeness (QED) is 0.336. The third kappa shape index (κ3) is 4.69. The fourth-order valence-electron chi connectivity index (χ4n) is 2.48. The van der Waals surface area contributed by atoms with Crippen molar-refractivity contribution in [1.29, 1.82) is 5.26 Å². The molecular formula is C21H17NOS. The summed E-state index contributed by atoms with van der Waals surface area (Å²) in [6.45, 7) is 0.693. The molecule has 118 valence electrons. The second-order valence-corrected chi connectivity index (χ2v) is 6.39. The van der Waals surface area contributed by atoms with Crippen molar-refractivity contribution in [2.45, 2.75) is 24.2 Å². The highest BCUT2D eigenvalue weighted by Crippen LogP contribution is 2.20. The number of benzene rings is 2. The molecule has 0 fully saturated rings. The van der Waals surface area contributed by atoms with E-state index >= 15 is 0 Å². The number of hydrogen-bond donors (Lipinski definition) is 0. The Labute approximate surface area is 147 Å². The van der Waals surface area contributed by atoms with Crippen LogP contribution < -0.4 is 4.74 Å². The van der Waals surface area contributed by atoms with Crippen LogP contribution in [-0.2, 0) is 0 Å². The van der Waals surface area contributed by atoms with E-state index in [0.717, 1.165) is 40.0 Å². The van der Waals surface area contributed by atoms with Gasteiger partial charge >= 0.3 is 0 Å². The van der Waals surface area contributed by atoms with Gasteiger partial charge in [-0.2, -0.15) is 5.26 Å². The van der Waals surface area contributed by atoms with Gasteiger partial charge in [-0.05, 0) is 85.1 Å². The minimum atomic E-state index is 0.693. The average molecular weight is 331 g/mol. The molecular weight excluding hydrogens is 314 g/mol. The first-order chi connectivity index (χ1) is 11.8. The summed E-state index contributed by atoms with van der Waals surface area (Å²) >= 11 is 1.15. The molecule has 2 aromatic rings. The van der Waals surface area contributed by atoms with E-state index in [0.29, 0.717) is 6.61 Å². The SMILES string of the molecule is N#CSc1ccc(C#Cc2ccc(OCC3=CCCC3)cc2)cc1. The van der Waals surface area contributed by atoms with Crippen LogP contribution in [0.25, 0.3) is 0 Å². The Morgan fingerprint density at radius 2 is 1.62 bits per heavy atom.